The Morgan fingerprint density at radius 3 is 2.12 bits per heavy atom. The van der Waals surface area contributed by atoms with E-state index in [-0.39, 0.29) is 0 Å². The maximum Gasteiger partial charge on any atom is 0.247 e. The summed E-state index contributed by atoms with van der Waals surface area (Å²) in [5.41, 5.74) is 0. The minimum absolute atomic E-state index is 0.674. The van der Waals surface area contributed by atoms with E-state index in [0.717, 1.165) is 0 Å². The van der Waals surface area contributed by atoms with Gasteiger partial charge in [-0.25, -0.2) is 0 Å². The first kappa shape index (κ1) is 6.59. The first-order chi connectivity index (χ1) is 3.85. The Kier molecular flexibility index (Phi) is 3.10. The molecule has 8 heavy (non-hydrogen) atoms. The van der Waals surface area contributed by atoms with Gasteiger partial charge in [0, 0.05) is 6.72 Å². The Morgan fingerprint density at radius 1 is 1.50 bits per heavy atom. The average molecular weight is 107 g/mol. The van der Waals surface area contributed by atoms with Crippen molar-refractivity contribution in [2.45, 2.75) is 6.10 Å². The molecule has 0 bridgehead atoms. The second-order valence-corrected chi connectivity index (χ2v) is 0.948. The van der Waals surface area contributed by atoms with Gasteiger partial charge in [-0.05, 0) is 11.8 Å². The van der Waals surface area contributed by atoms with Crippen LogP contribution in [0, 0.1) is 24.7 Å². The van der Waals surface area contributed by atoms with Crippen molar-refractivity contribution < 1.29 is 4.84 Å². The number of nitrogens with zero attached hydrogens (tertiary/aromatic N) is 1. The molecule has 0 unspecified atom stereocenters. The maximum absolute atomic E-state index is 4.86. The molecular weight excluding hydrogens is 102 g/mol. The number of oxime groups is 1. The van der Waals surface area contributed by atoms with E-state index >= 15 is 0 Å². The molecule has 2 heteroatoms. The molecule has 0 aliphatic carbocycles. The quantitative estimate of drug-likeness (QED) is 0.281. The Bertz CT molecular complexity index is 135. The zero-order valence-electron chi connectivity index (χ0n) is 4.29. The first-order valence-corrected chi connectivity index (χ1v) is 1.89. The molecule has 0 N–H and O–H groups in total. The van der Waals surface area contributed by atoms with Crippen LogP contribution in [0.4, 0.5) is 0 Å². The van der Waals surface area contributed by atoms with Gasteiger partial charge in [0.15, 0.2) is 0 Å². The van der Waals surface area contributed by atoms with Crippen molar-refractivity contribution in [2.24, 2.45) is 5.16 Å². The SMILES string of the molecule is C#CC(C#C)ON=C. The lowest BCUT2D eigenvalue weighted by atomic mass is 10.4. The van der Waals surface area contributed by atoms with Gasteiger partial charge in [0.25, 0.3) is 0 Å². The van der Waals surface area contributed by atoms with E-state index in [2.05, 4.69) is 28.6 Å². The molecule has 40 valence electrons. The van der Waals surface area contributed by atoms with Crippen molar-refractivity contribution in [1.82, 2.24) is 0 Å². The lowest BCUT2D eigenvalue weighted by Crippen LogP contribution is -2.00. The zero-order chi connectivity index (χ0) is 6.41. The highest BCUT2D eigenvalue weighted by Gasteiger charge is 1.93. The molecule has 0 aromatic heterocycles. The van der Waals surface area contributed by atoms with Crippen molar-refractivity contribution in [3.8, 4) is 24.7 Å². The lowest BCUT2D eigenvalue weighted by molar-refractivity contribution is 0.139. The van der Waals surface area contributed by atoms with Crippen LogP contribution in [-0.4, -0.2) is 12.8 Å². The summed E-state index contributed by atoms with van der Waals surface area (Å²) in [7, 11) is 0. The standard InChI is InChI=1S/C6H5NO/c1-4-6(5-2)8-7-3/h1-2,6H,3H2. The molecule has 0 rings (SSSR count). The summed E-state index contributed by atoms with van der Waals surface area (Å²) < 4.78 is 0. The normalized spacial score (nSPS) is 6.88. The van der Waals surface area contributed by atoms with Crippen molar-refractivity contribution in [2.75, 3.05) is 0 Å². The number of hydrogen-bond acceptors (Lipinski definition) is 2. The first-order valence-electron chi connectivity index (χ1n) is 1.89. The molecule has 0 aromatic carbocycles. The van der Waals surface area contributed by atoms with Crippen LogP contribution < -0.4 is 0 Å². The highest BCUT2D eigenvalue weighted by atomic mass is 16.6. The van der Waals surface area contributed by atoms with Gasteiger partial charge in [0.1, 0.15) is 0 Å². The van der Waals surface area contributed by atoms with E-state index in [4.69, 9.17) is 12.8 Å². The van der Waals surface area contributed by atoms with E-state index < -0.39 is 6.10 Å². The largest absolute Gasteiger partial charge is 0.367 e. The summed E-state index contributed by atoms with van der Waals surface area (Å²) >= 11 is 0. The third-order valence-corrected chi connectivity index (χ3v) is 0.483. The summed E-state index contributed by atoms with van der Waals surface area (Å²) in [6.07, 6.45) is 9.05. The molecule has 2 nitrogen and oxygen atoms in total. The molecule has 0 fully saturated rings. The monoisotopic (exact) mass is 107 g/mol. The van der Waals surface area contributed by atoms with Crippen LogP contribution in [0.25, 0.3) is 0 Å². The van der Waals surface area contributed by atoms with Crippen LogP contribution in [0.1, 0.15) is 0 Å². The molecule has 0 amide bonds. The summed E-state index contributed by atoms with van der Waals surface area (Å²) in [6.45, 7) is 3.03. The van der Waals surface area contributed by atoms with Crippen LogP contribution in [-0.2, 0) is 4.84 Å². The molecule has 0 atom stereocenters. The highest BCUT2D eigenvalue weighted by Crippen LogP contribution is 1.84. The van der Waals surface area contributed by atoms with Crippen molar-refractivity contribution >= 4 is 6.72 Å². The highest BCUT2D eigenvalue weighted by molar-refractivity contribution is 5.22. The second-order valence-electron chi connectivity index (χ2n) is 0.948. The van der Waals surface area contributed by atoms with E-state index in [9.17, 15) is 0 Å². The molecule has 0 saturated heterocycles. The summed E-state index contributed by atoms with van der Waals surface area (Å²) in [5.74, 6) is 4.32. The molecule has 0 aliphatic rings. The topological polar surface area (TPSA) is 21.6 Å². The van der Waals surface area contributed by atoms with Gasteiger partial charge < -0.3 is 4.84 Å². The Balaban J connectivity index is 3.62. The van der Waals surface area contributed by atoms with Gasteiger partial charge in [-0.2, -0.15) is 0 Å². The van der Waals surface area contributed by atoms with Gasteiger partial charge >= 0.3 is 0 Å². The zero-order valence-corrected chi connectivity index (χ0v) is 4.29. The average Bonchev–Trinajstić information content (AvgIpc) is 1.83. The fraction of sp³-hybridized carbons (Fsp3) is 0.167. The Labute approximate surface area is 48.5 Å². The smallest absolute Gasteiger partial charge is 0.247 e. The molecule has 0 heterocycles. The molecule has 0 aliphatic heterocycles. The van der Waals surface area contributed by atoms with Crippen molar-refractivity contribution in [1.29, 1.82) is 0 Å². The third kappa shape index (κ3) is 1.89. The predicted octanol–water partition coefficient (Wildman–Crippen LogP) is 0.254. The van der Waals surface area contributed by atoms with Crippen LogP contribution in [0.15, 0.2) is 5.16 Å². The fourth-order valence-corrected chi connectivity index (χ4v) is 0.184. The molecule has 0 radical (unpaired) electrons. The van der Waals surface area contributed by atoms with Crippen molar-refractivity contribution in [3.05, 3.63) is 0 Å². The number of rotatable bonds is 2. The number of terminal acetylenes is 2. The van der Waals surface area contributed by atoms with Gasteiger partial charge in [0.2, 0.25) is 6.10 Å². The van der Waals surface area contributed by atoms with Crippen LogP contribution in [0.5, 0.6) is 0 Å². The molecular formula is C6H5NO. The Hall–Kier alpha value is -1.41. The third-order valence-electron chi connectivity index (χ3n) is 0.483. The minimum Gasteiger partial charge on any atom is -0.367 e. The van der Waals surface area contributed by atoms with E-state index in [0.29, 0.717) is 0 Å². The lowest BCUT2D eigenvalue weighted by Gasteiger charge is -1.95. The maximum atomic E-state index is 4.86. The molecule has 0 spiro atoms. The molecule has 0 aromatic rings. The van der Waals surface area contributed by atoms with E-state index in [1.165, 1.54) is 0 Å². The van der Waals surface area contributed by atoms with Crippen LogP contribution in [0.2, 0.25) is 0 Å². The van der Waals surface area contributed by atoms with Crippen LogP contribution in [0.3, 0.4) is 0 Å². The van der Waals surface area contributed by atoms with Gasteiger partial charge in [-0.1, -0.05) is 0 Å². The second kappa shape index (κ2) is 3.77. The van der Waals surface area contributed by atoms with Crippen molar-refractivity contribution in [3.63, 3.8) is 0 Å². The number of hydrogen-bond donors (Lipinski definition) is 0. The van der Waals surface area contributed by atoms with E-state index in [1.807, 2.05) is 0 Å². The Morgan fingerprint density at radius 2 is 2.00 bits per heavy atom. The van der Waals surface area contributed by atoms with Gasteiger partial charge in [-0.3, -0.25) is 0 Å². The summed E-state index contributed by atoms with van der Waals surface area (Å²) in [4.78, 5) is 4.38. The van der Waals surface area contributed by atoms with Gasteiger partial charge in [-0.15, -0.1) is 18.0 Å². The van der Waals surface area contributed by atoms with Crippen LogP contribution >= 0.6 is 0 Å². The van der Waals surface area contributed by atoms with E-state index in [1.54, 1.807) is 0 Å². The summed E-state index contributed by atoms with van der Waals surface area (Å²) in [6, 6.07) is 0. The fourth-order valence-electron chi connectivity index (χ4n) is 0.184. The molecule has 0 saturated carbocycles. The summed E-state index contributed by atoms with van der Waals surface area (Å²) in [5, 5.41) is 3.04. The van der Waals surface area contributed by atoms with Gasteiger partial charge in [0.05, 0.1) is 0 Å². The predicted molar refractivity (Wildman–Crippen MR) is 32.1 cm³/mol. The minimum atomic E-state index is -0.674.